The van der Waals surface area contributed by atoms with Gasteiger partial charge in [0.2, 0.25) is 5.91 Å². The van der Waals surface area contributed by atoms with Crippen LogP contribution in [0.2, 0.25) is 0 Å². The zero-order valence-corrected chi connectivity index (χ0v) is 47.4. The number of carbonyl (C=O) groups excluding carboxylic acids is 1. The van der Waals surface area contributed by atoms with E-state index in [1.165, 1.54) is 116 Å². The molecule has 1 amide bonds. The van der Waals surface area contributed by atoms with Crippen LogP contribution in [-0.2, 0) is 33.2 Å². The minimum absolute atomic E-state index is 0.242. The van der Waals surface area contributed by atoms with Gasteiger partial charge in [0, 0.05) is 6.42 Å². The normalized spacial score (nSPS) is 30.7. The van der Waals surface area contributed by atoms with E-state index < -0.39 is 124 Å². The Morgan fingerprint density at radius 1 is 0.462 bits per heavy atom. The number of aliphatic hydroxyl groups is 11. The Morgan fingerprint density at radius 2 is 0.846 bits per heavy atom. The molecule has 456 valence electrons. The fraction of sp³-hybridized carbons (Fsp3) is 0.881. The molecule has 3 aliphatic heterocycles. The van der Waals surface area contributed by atoms with Crippen LogP contribution in [0, 0.1) is 0 Å². The summed E-state index contributed by atoms with van der Waals surface area (Å²) in [4.78, 5) is 13.3. The molecule has 0 aromatic heterocycles. The van der Waals surface area contributed by atoms with Crippen LogP contribution in [0.15, 0.2) is 36.5 Å². The van der Waals surface area contributed by atoms with Gasteiger partial charge in [-0.25, -0.2) is 0 Å². The Labute approximate surface area is 466 Å². The highest BCUT2D eigenvalue weighted by Crippen LogP contribution is 2.33. The summed E-state index contributed by atoms with van der Waals surface area (Å²) in [5, 5.41) is 120. The summed E-state index contributed by atoms with van der Waals surface area (Å²) in [6.45, 7) is 1.65. The molecule has 3 fully saturated rings. The fourth-order valence-electron chi connectivity index (χ4n) is 10.2. The largest absolute Gasteiger partial charge is 0.394 e. The Hall–Kier alpha value is -1.99. The van der Waals surface area contributed by atoms with Gasteiger partial charge in [0.1, 0.15) is 73.2 Å². The van der Waals surface area contributed by atoms with Gasteiger partial charge in [0.25, 0.3) is 0 Å². The van der Waals surface area contributed by atoms with Gasteiger partial charge in [-0.05, 0) is 51.4 Å². The Morgan fingerprint density at radius 3 is 1.31 bits per heavy atom. The minimum Gasteiger partial charge on any atom is -0.394 e. The van der Waals surface area contributed by atoms with Crippen molar-refractivity contribution in [3.63, 3.8) is 0 Å². The maximum absolute atomic E-state index is 13.3. The standard InChI is InChI=1S/C59H107NO18/c1-3-5-7-9-11-13-14-15-16-17-18-19-20-21-22-23-24-25-26-27-28-29-31-33-35-37-47(65)60-42(43(64)36-34-32-30-12-10-8-6-4-2)41-73-57-53(71)50(68)55(45(39-62)75-57)78-59-54(72)51(69)56(46(40-63)76-59)77-58-52(70)49(67)48(66)44(38-61)74-58/h14-15,17-18,34,36,42-46,48-59,61-64,66-72H,3-13,16,19-33,35,37-41H2,1-2H3,(H,60,65)/b15-14-,18-17-,36-34+. The summed E-state index contributed by atoms with van der Waals surface area (Å²) >= 11 is 0. The van der Waals surface area contributed by atoms with Gasteiger partial charge in [-0.1, -0.05) is 179 Å². The summed E-state index contributed by atoms with van der Waals surface area (Å²) in [6, 6.07) is -0.970. The molecule has 0 aliphatic carbocycles. The molecular weight excluding hydrogens is 1010 g/mol. The molecule has 17 unspecified atom stereocenters. The molecule has 0 aromatic rings. The molecule has 19 nitrogen and oxygen atoms in total. The molecule has 0 bridgehead atoms. The zero-order valence-electron chi connectivity index (χ0n) is 47.4. The molecule has 0 saturated carbocycles. The second-order valence-electron chi connectivity index (χ2n) is 21.8. The van der Waals surface area contributed by atoms with Crippen molar-refractivity contribution >= 4 is 5.91 Å². The molecule has 3 saturated heterocycles. The van der Waals surface area contributed by atoms with Crippen LogP contribution in [0.3, 0.4) is 0 Å². The predicted octanol–water partition coefficient (Wildman–Crippen LogP) is 5.32. The van der Waals surface area contributed by atoms with Gasteiger partial charge in [0.05, 0.1) is 38.6 Å². The van der Waals surface area contributed by atoms with Gasteiger partial charge in [0.15, 0.2) is 18.9 Å². The number of hydrogen-bond acceptors (Lipinski definition) is 18. The van der Waals surface area contributed by atoms with Crippen molar-refractivity contribution in [2.45, 2.75) is 304 Å². The van der Waals surface area contributed by atoms with Crippen molar-refractivity contribution < 1.29 is 89.4 Å². The lowest BCUT2D eigenvalue weighted by atomic mass is 9.96. The van der Waals surface area contributed by atoms with E-state index in [4.69, 9.17) is 28.4 Å². The predicted molar refractivity (Wildman–Crippen MR) is 296 cm³/mol. The van der Waals surface area contributed by atoms with Crippen molar-refractivity contribution in [3.8, 4) is 0 Å². The minimum atomic E-state index is -1.98. The number of carbonyl (C=O) groups is 1. The van der Waals surface area contributed by atoms with Crippen LogP contribution in [0.5, 0.6) is 0 Å². The van der Waals surface area contributed by atoms with Gasteiger partial charge < -0.3 is 89.9 Å². The molecule has 3 aliphatic rings. The van der Waals surface area contributed by atoms with Crippen LogP contribution in [0.1, 0.15) is 200 Å². The molecule has 0 aromatic carbocycles. The van der Waals surface area contributed by atoms with E-state index in [0.29, 0.717) is 6.42 Å². The second kappa shape index (κ2) is 42.8. The molecule has 12 N–H and O–H groups in total. The third-order valence-electron chi connectivity index (χ3n) is 15.2. The number of hydrogen-bond donors (Lipinski definition) is 12. The van der Waals surface area contributed by atoms with Crippen LogP contribution >= 0.6 is 0 Å². The molecule has 3 heterocycles. The SMILES string of the molecule is CCCCCCC/C=C\C/C=C\CCCCCCCCCCCCCCCC(=O)NC(COC1OC(CO)C(OC2OC(CO)C(OC3OC(CO)C(O)C(O)C3O)C(O)C2O)C(O)C1O)C(O)/C=C/CCCCCCCC. The summed E-state index contributed by atoms with van der Waals surface area (Å²) in [5.74, 6) is -0.281. The number of amides is 1. The first kappa shape index (κ1) is 70.3. The van der Waals surface area contributed by atoms with Crippen molar-refractivity contribution in [1.29, 1.82) is 0 Å². The van der Waals surface area contributed by atoms with Crippen molar-refractivity contribution in [1.82, 2.24) is 5.32 Å². The van der Waals surface area contributed by atoms with Gasteiger partial charge in [-0.15, -0.1) is 0 Å². The number of nitrogens with one attached hydrogen (secondary N) is 1. The van der Waals surface area contributed by atoms with E-state index in [-0.39, 0.29) is 18.9 Å². The highest BCUT2D eigenvalue weighted by atomic mass is 16.8. The third kappa shape index (κ3) is 26.5. The average molecular weight is 1120 g/mol. The monoisotopic (exact) mass is 1120 g/mol. The van der Waals surface area contributed by atoms with E-state index in [1.807, 2.05) is 6.08 Å². The average Bonchev–Trinajstić information content (AvgIpc) is 3.48. The molecular formula is C59H107NO18. The zero-order chi connectivity index (χ0) is 56.9. The molecule has 78 heavy (non-hydrogen) atoms. The van der Waals surface area contributed by atoms with E-state index in [9.17, 15) is 61.0 Å². The van der Waals surface area contributed by atoms with Gasteiger partial charge in [-0.2, -0.15) is 0 Å². The first-order valence-electron chi connectivity index (χ1n) is 30.2. The quantitative estimate of drug-likeness (QED) is 0.0271. The number of aliphatic hydroxyl groups excluding tert-OH is 11. The fourth-order valence-corrected chi connectivity index (χ4v) is 10.2. The molecule has 0 radical (unpaired) electrons. The maximum Gasteiger partial charge on any atom is 0.220 e. The second-order valence-corrected chi connectivity index (χ2v) is 21.8. The van der Waals surface area contributed by atoms with E-state index in [1.54, 1.807) is 6.08 Å². The van der Waals surface area contributed by atoms with Gasteiger partial charge >= 0.3 is 0 Å². The van der Waals surface area contributed by atoms with E-state index >= 15 is 0 Å². The van der Waals surface area contributed by atoms with Crippen LogP contribution in [0.25, 0.3) is 0 Å². The molecule has 3 rings (SSSR count). The van der Waals surface area contributed by atoms with Crippen molar-refractivity contribution in [2.24, 2.45) is 0 Å². The number of ether oxygens (including phenoxy) is 6. The Bertz CT molecular complexity index is 1570. The highest BCUT2D eigenvalue weighted by Gasteiger charge is 2.53. The highest BCUT2D eigenvalue weighted by molar-refractivity contribution is 5.76. The first-order chi connectivity index (χ1) is 37.8. The summed E-state index contributed by atoms with van der Waals surface area (Å²) in [6.07, 6.45) is 18.8. The molecule has 19 heteroatoms. The summed E-state index contributed by atoms with van der Waals surface area (Å²) in [7, 11) is 0. The van der Waals surface area contributed by atoms with Crippen LogP contribution in [-0.4, -0.2) is 193 Å². The van der Waals surface area contributed by atoms with Crippen LogP contribution in [0.4, 0.5) is 0 Å². The summed E-state index contributed by atoms with van der Waals surface area (Å²) < 4.78 is 34.1. The Kier molecular flexibility index (Phi) is 38.5. The third-order valence-corrected chi connectivity index (χ3v) is 15.2. The lowest BCUT2D eigenvalue weighted by Crippen LogP contribution is -2.66. The Balaban J connectivity index is 1.41. The van der Waals surface area contributed by atoms with E-state index in [2.05, 4.69) is 43.5 Å². The lowest BCUT2D eigenvalue weighted by Gasteiger charge is -2.48. The van der Waals surface area contributed by atoms with Crippen LogP contribution < -0.4 is 5.32 Å². The summed E-state index contributed by atoms with van der Waals surface area (Å²) in [5.41, 5.74) is 0. The lowest BCUT2D eigenvalue weighted by molar-refractivity contribution is -0.379. The van der Waals surface area contributed by atoms with Crippen molar-refractivity contribution in [3.05, 3.63) is 36.5 Å². The smallest absolute Gasteiger partial charge is 0.220 e. The number of allylic oxidation sites excluding steroid dienone is 5. The topological polar surface area (TPSA) is 307 Å². The van der Waals surface area contributed by atoms with Crippen molar-refractivity contribution in [2.75, 3.05) is 26.4 Å². The number of rotatable bonds is 44. The molecule has 0 spiro atoms. The van der Waals surface area contributed by atoms with Gasteiger partial charge in [-0.3, -0.25) is 4.79 Å². The maximum atomic E-state index is 13.3. The van der Waals surface area contributed by atoms with E-state index in [0.717, 1.165) is 57.8 Å². The first-order valence-corrected chi connectivity index (χ1v) is 30.2. The number of unbranched alkanes of at least 4 members (excludes halogenated alkanes) is 24. The molecule has 17 atom stereocenters.